The van der Waals surface area contributed by atoms with E-state index < -0.39 is 22.5 Å². The number of carbonyl (C=O) groups is 1. The number of hydrogen-bond acceptors (Lipinski definition) is 6. The van der Waals surface area contributed by atoms with E-state index in [-0.39, 0.29) is 16.3 Å². The first-order chi connectivity index (χ1) is 16.6. The molecule has 3 aromatic carbocycles. The summed E-state index contributed by atoms with van der Waals surface area (Å²) in [6.07, 6.45) is 0. The van der Waals surface area contributed by atoms with E-state index in [4.69, 9.17) is 21.1 Å². The van der Waals surface area contributed by atoms with Crippen molar-refractivity contribution in [3.8, 4) is 11.5 Å². The summed E-state index contributed by atoms with van der Waals surface area (Å²) >= 11 is 5.91. The normalized spacial score (nSPS) is 11.6. The van der Waals surface area contributed by atoms with Crippen molar-refractivity contribution in [2.24, 2.45) is 5.10 Å². The van der Waals surface area contributed by atoms with Crippen LogP contribution in [0.5, 0.6) is 11.5 Å². The number of hydrogen-bond donors (Lipinski definition) is 1. The number of methoxy groups -OCH3 is 2. The SMILES string of the molecule is COc1ccc(N(CC(=O)N/N=C(/C)c2ccc(Cl)cc2)S(=O)(=O)c2ccc(C)cc2)c(OC)c1. The Balaban J connectivity index is 1.95. The topological polar surface area (TPSA) is 97.3 Å². The number of carbonyl (C=O) groups excluding carboxylic acids is 1. The summed E-state index contributed by atoms with van der Waals surface area (Å²) in [5, 5.41) is 4.69. The van der Waals surface area contributed by atoms with Gasteiger partial charge in [0.2, 0.25) is 0 Å². The van der Waals surface area contributed by atoms with Crippen LogP contribution in [0.1, 0.15) is 18.1 Å². The van der Waals surface area contributed by atoms with E-state index in [9.17, 15) is 13.2 Å². The van der Waals surface area contributed by atoms with E-state index in [0.717, 1.165) is 15.4 Å². The summed E-state index contributed by atoms with van der Waals surface area (Å²) in [6.45, 7) is 3.04. The number of ether oxygens (including phenoxy) is 2. The molecule has 10 heteroatoms. The predicted octanol–water partition coefficient (Wildman–Crippen LogP) is 4.40. The Morgan fingerprint density at radius 1 is 1.00 bits per heavy atom. The highest BCUT2D eigenvalue weighted by Gasteiger charge is 2.29. The van der Waals surface area contributed by atoms with Gasteiger partial charge >= 0.3 is 0 Å². The van der Waals surface area contributed by atoms with Crippen LogP contribution in [0.15, 0.2) is 76.7 Å². The minimum atomic E-state index is -4.13. The standard InChI is InChI=1S/C25H26ClN3O5S/c1-17-5-12-22(13-6-17)35(31,32)29(23-14-11-21(33-3)15-24(23)34-4)16-25(30)28-27-18(2)19-7-9-20(26)10-8-19/h5-15H,16H2,1-4H3,(H,28,30)/b27-18-. The second kappa shape index (κ2) is 11.2. The Hall–Kier alpha value is -3.56. The van der Waals surface area contributed by atoms with Gasteiger partial charge in [0.05, 0.1) is 30.5 Å². The molecule has 3 aromatic rings. The Morgan fingerprint density at radius 3 is 2.26 bits per heavy atom. The van der Waals surface area contributed by atoms with Gasteiger partial charge in [-0.15, -0.1) is 0 Å². The van der Waals surface area contributed by atoms with Gasteiger partial charge in [0.1, 0.15) is 18.0 Å². The first-order valence-electron chi connectivity index (χ1n) is 10.6. The Morgan fingerprint density at radius 2 is 1.66 bits per heavy atom. The maximum Gasteiger partial charge on any atom is 0.264 e. The van der Waals surface area contributed by atoms with Gasteiger partial charge in [-0.25, -0.2) is 13.8 Å². The number of nitrogens with zero attached hydrogens (tertiary/aromatic N) is 2. The Labute approximate surface area is 210 Å². The second-order valence-corrected chi connectivity index (χ2v) is 9.90. The van der Waals surface area contributed by atoms with E-state index in [2.05, 4.69) is 10.5 Å². The number of halogens is 1. The van der Waals surface area contributed by atoms with Crippen LogP contribution in [-0.2, 0) is 14.8 Å². The number of anilines is 1. The van der Waals surface area contributed by atoms with Crippen LogP contribution in [0.4, 0.5) is 5.69 Å². The quantitative estimate of drug-likeness (QED) is 0.336. The number of sulfonamides is 1. The molecule has 1 N–H and O–H groups in total. The molecule has 0 aliphatic heterocycles. The molecule has 0 aliphatic rings. The molecular formula is C25H26ClN3O5S. The molecule has 0 aromatic heterocycles. The van der Waals surface area contributed by atoms with Gasteiger partial charge in [-0.1, -0.05) is 41.4 Å². The molecule has 0 heterocycles. The Kier molecular flexibility index (Phi) is 8.37. The highest BCUT2D eigenvalue weighted by molar-refractivity contribution is 7.92. The molecule has 0 unspecified atom stereocenters. The fraction of sp³-hybridized carbons (Fsp3) is 0.200. The highest BCUT2D eigenvalue weighted by Crippen LogP contribution is 2.35. The molecule has 1 amide bonds. The minimum Gasteiger partial charge on any atom is -0.497 e. The van der Waals surface area contributed by atoms with Gasteiger partial charge in [0.25, 0.3) is 15.9 Å². The minimum absolute atomic E-state index is 0.0367. The monoisotopic (exact) mass is 515 g/mol. The lowest BCUT2D eigenvalue weighted by molar-refractivity contribution is -0.119. The average Bonchev–Trinajstić information content (AvgIpc) is 2.86. The number of rotatable bonds is 9. The molecule has 0 bridgehead atoms. The number of amides is 1. The molecule has 35 heavy (non-hydrogen) atoms. The van der Waals surface area contributed by atoms with Crippen LogP contribution in [0, 0.1) is 6.92 Å². The van der Waals surface area contributed by atoms with Gasteiger partial charge in [0.15, 0.2) is 0 Å². The highest BCUT2D eigenvalue weighted by atomic mass is 35.5. The fourth-order valence-electron chi connectivity index (χ4n) is 3.20. The van der Waals surface area contributed by atoms with Crippen LogP contribution in [0.3, 0.4) is 0 Å². The number of nitrogens with one attached hydrogen (secondary N) is 1. The molecule has 0 spiro atoms. The lowest BCUT2D eigenvalue weighted by Crippen LogP contribution is -2.40. The molecule has 0 saturated carbocycles. The van der Waals surface area contributed by atoms with Crippen molar-refractivity contribution in [2.75, 3.05) is 25.1 Å². The van der Waals surface area contributed by atoms with E-state index in [1.54, 1.807) is 55.5 Å². The first kappa shape index (κ1) is 26.1. The average molecular weight is 516 g/mol. The maximum atomic E-state index is 13.6. The van der Waals surface area contributed by atoms with E-state index in [0.29, 0.717) is 16.5 Å². The first-order valence-corrected chi connectivity index (χ1v) is 12.4. The molecule has 3 rings (SSSR count). The maximum absolute atomic E-state index is 13.6. The van der Waals surface area contributed by atoms with Gasteiger partial charge in [-0.05, 0) is 55.8 Å². The molecule has 184 valence electrons. The number of aryl methyl sites for hydroxylation is 1. The van der Waals surface area contributed by atoms with Gasteiger partial charge in [-0.2, -0.15) is 5.10 Å². The molecule has 0 saturated heterocycles. The zero-order valence-corrected chi connectivity index (χ0v) is 21.4. The van der Waals surface area contributed by atoms with Crippen molar-refractivity contribution in [1.82, 2.24) is 5.43 Å². The Bertz CT molecular complexity index is 1320. The van der Waals surface area contributed by atoms with Crippen molar-refractivity contribution in [1.29, 1.82) is 0 Å². The largest absolute Gasteiger partial charge is 0.497 e. The van der Waals surface area contributed by atoms with Crippen LogP contribution < -0.4 is 19.2 Å². The summed E-state index contributed by atoms with van der Waals surface area (Å²) < 4.78 is 38.8. The van der Waals surface area contributed by atoms with Crippen molar-refractivity contribution in [3.05, 3.63) is 82.9 Å². The third kappa shape index (κ3) is 6.32. The molecule has 0 atom stereocenters. The lowest BCUT2D eigenvalue weighted by atomic mass is 10.1. The summed E-state index contributed by atoms with van der Waals surface area (Å²) in [5.41, 5.74) is 4.81. The van der Waals surface area contributed by atoms with E-state index in [1.165, 1.54) is 32.4 Å². The third-order valence-electron chi connectivity index (χ3n) is 5.16. The zero-order chi connectivity index (χ0) is 25.6. The second-order valence-electron chi connectivity index (χ2n) is 7.60. The summed E-state index contributed by atoms with van der Waals surface area (Å²) in [6, 6.07) is 18.0. The van der Waals surface area contributed by atoms with E-state index in [1.807, 2.05) is 6.92 Å². The van der Waals surface area contributed by atoms with Gasteiger partial charge < -0.3 is 9.47 Å². The molecule has 0 aliphatic carbocycles. The summed E-state index contributed by atoms with van der Waals surface area (Å²) in [7, 11) is -1.22. The van der Waals surface area contributed by atoms with Gasteiger partial charge in [0, 0.05) is 11.1 Å². The predicted molar refractivity (Wildman–Crippen MR) is 137 cm³/mol. The zero-order valence-electron chi connectivity index (χ0n) is 19.8. The van der Waals surface area contributed by atoms with Crippen molar-refractivity contribution in [3.63, 3.8) is 0 Å². The smallest absolute Gasteiger partial charge is 0.264 e. The summed E-state index contributed by atoms with van der Waals surface area (Å²) in [5.74, 6) is 0.0754. The van der Waals surface area contributed by atoms with Crippen molar-refractivity contribution in [2.45, 2.75) is 18.7 Å². The molecule has 8 nitrogen and oxygen atoms in total. The summed E-state index contributed by atoms with van der Waals surface area (Å²) in [4.78, 5) is 12.9. The lowest BCUT2D eigenvalue weighted by Gasteiger charge is -2.25. The van der Waals surface area contributed by atoms with Crippen molar-refractivity contribution >= 4 is 38.9 Å². The van der Waals surface area contributed by atoms with Crippen LogP contribution in [-0.4, -0.2) is 40.8 Å². The van der Waals surface area contributed by atoms with Crippen LogP contribution in [0.2, 0.25) is 5.02 Å². The van der Waals surface area contributed by atoms with Gasteiger partial charge in [-0.3, -0.25) is 9.10 Å². The van der Waals surface area contributed by atoms with Crippen LogP contribution in [0.25, 0.3) is 0 Å². The van der Waals surface area contributed by atoms with Crippen LogP contribution >= 0.6 is 11.6 Å². The van der Waals surface area contributed by atoms with E-state index >= 15 is 0 Å². The fourth-order valence-corrected chi connectivity index (χ4v) is 4.75. The number of hydrazone groups is 1. The molecule has 0 fully saturated rings. The third-order valence-corrected chi connectivity index (χ3v) is 7.19. The molecule has 0 radical (unpaired) electrons. The molecular weight excluding hydrogens is 490 g/mol. The number of benzene rings is 3. The van der Waals surface area contributed by atoms with Crippen molar-refractivity contribution < 1.29 is 22.7 Å².